The monoisotopic (exact) mass is 205 g/mol. The highest BCUT2D eigenvalue weighted by atomic mass is 35.5. The van der Waals surface area contributed by atoms with E-state index >= 15 is 0 Å². The molecule has 2 aromatic rings. The van der Waals surface area contributed by atoms with Gasteiger partial charge in [-0.2, -0.15) is 0 Å². The van der Waals surface area contributed by atoms with E-state index in [0.29, 0.717) is 5.02 Å². The third-order valence-corrected chi connectivity index (χ3v) is 2.11. The Balaban J connectivity index is 2.44. The van der Waals surface area contributed by atoms with Crippen LogP contribution in [0.2, 0.25) is 5.02 Å². The lowest BCUT2D eigenvalue weighted by molar-refractivity contribution is 0.475. The van der Waals surface area contributed by atoms with Gasteiger partial charge in [0.1, 0.15) is 5.75 Å². The molecular formula is C11H8ClNO. The van der Waals surface area contributed by atoms with Crippen molar-refractivity contribution in [1.29, 1.82) is 0 Å². The van der Waals surface area contributed by atoms with Gasteiger partial charge in [0.25, 0.3) is 0 Å². The predicted octanol–water partition coefficient (Wildman–Crippen LogP) is 3.11. The van der Waals surface area contributed by atoms with Crippen molar-refractivity contribution in [3.05, 3.63) is 47.7 Å². The van der Waals surface area contributed by atoms with Crippen molar-refractivity contribution in [2.75, 3.05) is 0 Å². The van der Waals surface area contributed by atoms with Gasteiger partial charge in [0.15, 0.2) is 0 Å². The van der Waals surface area contributed by atoms with E-state index in [1.165, 1.54) is 0 Å². The Morgan fingerprint density at radius 2 is 1.71 bits per heavy atom. The lowest BCUT2D eigenvalue weighted by Gasteiger charge is -2.01. The zero-order valence-electron chi connectivity index (χ0n) is 7.31. The Kier molecular flexibility index (Phi) is 2.37. The zero-order valence-corrected chi connectivity index (χ0v) is 8.07. The molecule has 0 aliphatic carbocycles. The number of pyridine rings is 1. The highest BCUT2D eigenvalue weighted by molar-refractivity contribution is 6.30. The van der Waals surface area contributed by atoms with Gasteiger partial charge in [-0.15, -0.1) is 0 Å². The maximum absolute atomic E-state index is 9.12. The summed E-state index contributed by atoms with van der Waals surface area (Å²) in [4.78, 5) is 3.99. The van der Waals surface area contributed by atoms with Crippen molar-refractivity contribution in [2.45, 2.75) is 0 Å². The standard InChI is InChI=1S/C11H8ClNO/c12-10-5-9(6-13-7-10)8-1-3-11(14)4-2-8/h1-7,14H. The zero-order chi connectivity index (χ0) is 9.97. The van der Waals surface area contributed by atoms with Crippen LogP contribution >= 0.6 is 11.6 Å². The average Bonchev–Trinajstić information content (AvgIpc) is 2.19. The number of rotatable bonds is 1. The van der Waals surface area contributed by atoms with Crippen LogP contribution in [0, 0.1) is 0 Å². The van der Waals surface area contributed by atoms with Crippen LogP contribution in [0.25, 0.3) is 11.1 Å². The molecule has 1 heterocycles. The summed E-state index contributed by atoms with van der Waals surface area (Å²) in [5.74, 6) is 0.253. The number of hydrogen-bond donors (Lipinski definition) is 1. The largest absolute Gasteiger partial charge is 0.508 e. The summed E-state index contributed by atoms with van der Waals surface area (Å²) < 4.78 is 0. The smallest absolute Gasteiger partial charge is 0.115 e. The van der Waals surface area contributed by atoms with Crippen LogP contribution in [-0.4, -0.2) is 10.1 Å². The minimum atomic E-state index is 0.253. The molecule has 0 amide bonds. The van der Waals surface area contributed by atoms with Crippen LogP contribution in [-0.2, 0) is 0 Å². The van der Waals surface area contributed by atoms with E-state index in [1.807, 2.05) is 18.2 Å². The Morgan fingerprint density at radius 3 is 2.36 bits per heavy atom. The lowest BCUT2D eigenvalue weighted by atomic mass is 10.1. The maximum atomic E-state index is 9.12. The van der Waals surface area contributed by atoms with E-state index in [-0.39, 0.29) is 5.75 Å². The fraction of sp³-hybridized carbons (Fsp3) is 0. The van der Waals surface area contributed by atoms with Gasteiger partial charge in [-0.25, -0.2) is 0 Å². The Labute approximate surface area is 86.8 Å². The number of aromatic nitrogens is 1. The molecule has 0 atom stereocenters. The van der Waals surface area contributed by atoms with Crippen molar-refractivity contribution in [1.82, 2.24) is 4.98 Å². The molecule has 1 aromatic heterocycles. The summed E-state index contributed by atoms with van der Waals surface area (Å²) in [6.07, 6.45) is 3.32. The molecule has 14 heavy (non-hydrogen) atoms. The van der Waals surface area contributed by atoms with Gasteiger partial charge in [0, 0.05) is 18.0 Å². The van der Waals surface area contributed by atoms with Gasteiger partial charge in [-0.3, -0.25) is 4.98 Å². The van der Waals surface area contributed by atoms with Crippen LogP contribution in [0.15, 0.2) is 42.7 Å². The third-order valence-electron chi connectivity index (χ3n) is 1.91. The van der Waals surface area contributed by atoms with Crippen LogP contribution < -0.4 is 0 Å². The van der Waals surface area contributed by atoms with Crippen LogP contribution in [0.3, 0.4) is 0 Å². The first-order valence-corrected chi connectivity index (χ1v) is 4.53. The molecule has 0 aliphatic heterocycles. The van der Waals surface area contributed by atoms with E-state index in [2.05, 4.69) is 4.98 Å². The molecule has 2 rings (SSSR count). The molecule has 2 nitrogen and oxygen atoms in total. The second-order valence-electron chi connectivity index (χ2n) is 2.94. The summed E-state index contributed by atoms with van der Waals surface area (Å²) in [5.41, 5.74) is 1.93. The molecule has 0 spiro atoms. The van der Waals surface area contributed by atoms with E-state index in [0.717, 1.165) is 11.1 Å². The summed E-state index contributed by atoms with van der Waals surface area (Å²) in [6.45, 7) is 0. The maximum Gasteiger partial charge on any atom is 0.115 e. The molecule has 3 heteroatoms. The molecule has 0 bridgehead atoms. The first-order valence-electron chi connectivity index (χ1n) is 4.16. The second-order valence-corrected chi connectivity index (χ2v) is 3.38. The normalized spacial score (nSPS) is 10.1. The molecule has 0 fully saturated rings. The minimum Gasteiger partial charge on any atom is -0.508 e. The second kappa shape index (κ2) is 3.68. The summed E-state index contributed by atoms with van der Waals surface area (Å²) >= 11 is 5.81. The molecule has 0 unspecified atom stereocenters. The van der Waals surface area contributed by atoms with Gasteiger partial charge in [-0.05, 0) is 23.8 Å². The fourth-order valence-corrected chi connectivity index (χ4v) is 1.40. The van der Waals surface area contributed by atoms with Crippen LogP contribution in [0.4, 0.5) is 0 Å². The quantitative estimate of drug-likeness (QED) is 0.776. The number of benzene rings is 1. The number of nitrogens with zero attached hydrogens (tertiary/aromatic N) is 1. The summed E-state index contributed by atoms with van der Waals surface area (Å²) in [6, 6.07) is 8.75. The Hall–Kier alpha value is -1.54. The van der Waals surface area contributed by atoms with Crippen molar-refractivity contribution in [2.24, 2.45) is 0 Å². The average molecular weight is 206 g/mol. The lowest BCUT2D eigenvalue weighted by Crippen LogP contribution is -1.79. The molecule has 70 valence electrons. The van der Waals surface area contributed by atoms with Gasteiger partial charge < -0.3 is 5.11 Å². The molecular weight excluding hydrogens is 198 g/mol. The van der Waals surface area contributed by atoms with Crippen molar-refractivity contribution in [3.63, 3.8) is 0 Å². The molecule has 1 aromatic carbocycles. The molecule has 0 aliphatic rings. The number of phenols is 1. The van der Waals surface area contributed by atoms with Gasteiger partial charge in [0.05, 0.1) is 5.02 Å². The Bertz CT molecular complexity index is 439. The van der Waals surface area contributed by atoms with Crippen molar-refractivity contribution < 1.29 is 5.11 Å². The molecule has 0 saturated heterocycles. The fourth-order valence-electron chi connectivity index (χ4n) is 1.22. The predicted molar refractivity (Wildman–Crippen MR) is 56.3 cm³/mol. The molecule has 1 N–H and O–H groups in total. The Morgan fingerprint density at radius 1 is 1.00 bits per heavy atom. The highest BCUT2D eigenvalue weighted by Gasteiger charge is 1.98. The molecule has 0 saturated carbocycles. The number of aromatic hydroxyl groups is 1. The van der Waals surface area contributed by atoms with Crippen molar-refractivity contribution >= 4 is 11.6 Å². The highest BCUT2D eigenvalue weighted by Crippen LogP contribution is 2.23. The number of hydrogen-bond acceptors (Lipinski definition) is 2. The van der Waals surface area contributed by atoms with Crippen LogP contribution in [0.5, 0.6) is 5.75 Å². The first kappa shape index (κ1) is 9.03. The minimum absolute atomic E-state index is 0.253. The van der Waals surface area contributed by atoms with Gasteiger partial charge in [0.2, 0.25) is 0 Å². The van der Waals surface area contributed by atoms with Crippen molar-refractivity contribution in [3.8, 4) is 16.9 Å². The SMILES string of the molecule is Oc1ccc(-c2cncc(Cl)c2)cc1. The van der Waals surface area contributed by atoms with E-state index in [4.69, 9.17) is 16.7 Å². The van der Waals surface area contributed by atoms with E-state index in [9.17, 15) is 0 Å². The first-order chi connectivity index (χ1) is 6.75. The summed E-state index contributed by atoms with van der Waals surface area (Å²) in [7, 11) is 0. The summed E-state index contributed by atoms with van der Waals surface area (Å²) in [5, 5.41) is 9.72. The third kappa shape index (κ3) is 1.86. The number of halogens is 1. The van der Waals surface area contributed by atoms with E-state index in [1.54, 1.807) is 24.5 Å². The topological polar surface area (TPSA) is 33.1 Å². The van der Waals surface area contributed by atoms with Crippen LogP contribution in [0.1, 0.15) is 0 Å². The van der Waals surface area contributed by atoms with Gasteiger partial charge >= 0.3 is 0 Å². The van der Waals surface area contributed by atoms with Gasteiger partial charge in [-0.1, -0.05) is 23.7 Å². The number of phenolic OH excluding ortho intramolecular Hbond substituents is 1. The molecule has 0 radical (unpaired) electrons. The van der Waals surface area contributed by atoms with E-state index < -0.39 is 0 Å².